The third-order valence-corrected chi connectivity index (χ3v) is 4.52. The molecule has 2 aromatic carbocycles. The zero-order chi connectivity index (χ0) is 14.3. The largest absolute Gasteiger partial charge is 0.294 e. The number of aryl methyl sites for hydroxylation is 1. The van der Waals surface area contributed by atoms with Crippen molar-refractivity contribution in [2.75, 3.05) is 0 Å². The van der Waals surface area contributed by atoms with Crippen LogP contribution in [-0.4, -0.2) is 9.55 Å². The van der Waals surface area contributed by atoms with Crippen LogP contribution in [0, 0.1) is 6.92 Å². The summed E-state index contributed by atoms with van der Waals surface area (Å²) in [4.78, 5) is 4.61. The summed E-state index contributed by atoms with van der Waals surface area (Å²) in [5, 5.41) is 0. The second-order valence-corrected chi connectivity index (χ2v) is 6.62. The first-order valence-electron chi connectivity index (χ1n) is 6.09. The number of imidazole rings is 1. The van der Waals surface area contributed by atoms with Gasteiger partial charge >= 0.3 is 0 Å². The van der Waals surface area contributed by atoms with E-state index in [-0.39, 0.29) is 0 Å². The number of fused-ring (bicyclic) bond motifs is 1. The molecular weight excluding hydrogens is 403 g/mol. The number of hydrogen-bond donors (Lipinski definition) is 0. The molecule has 0 saturated carbocycles. The van der Waals surface area contributed by atoms with Crippen molar-refractivity contribution in [1.29, 1.82) is 0 Å². The van der Waals surface area contributed by atoms with Crippen LogP contribution in [0.4, 0.5) is 0 Å². The molecule has 0 aliphatic rings. The highest BCUT2D eigenvalue weighted by molar-refractivity contribution is 9.11. The zero-order valence-corrected chi connectivity index (χ0v) is 14.6. The van der Waals surface area contributed by atoms with Crippen molar-refractivity contribution < 1.29 is 0 Å². The summed E-state index contributed by atoms with van der Waals surface area (Å²) >= 11 is 13.2. The second kappa shape index (κ2) is 5.51. The van der Waals surface area contributed by atoms with Crippen LogP contribution < -0.4 is 0 Å². The molecule has 0 aliphatic heterocycles. The molecule has 3 aromatic rings. The van der Waals surface area contributed by atoms with Crippen LogP contribution in [-0.2, 0) is 5.88 Å². The number of rotatable bonds is 2. The average molecular weight is 415 g/mol. The van der Waals surface area contributed by atoms with E-state index in [1.54, 1.807) is 0 Å². The van der Waals surface area contributed by atoms with Crippen molar-refractivity contribution in [2.24, 2.45) is 0 Å². The van der Waals surface area contributed by atoms with Gasteiger partial charge in [0.05, 0.1) is 22.6 Å². The lowest BCUT2D eigenvalue weighted by molar-refractivity contribution is 0.976. The van der Waals surface area contributed by atoms with Gasteiger partial charge in [0.1, 0.15) is 5.82 Å². The standard InChI is InChI=1S/C15H11Br2ClN2/c1-9-2-4-12-14(6-9)20(15(8-18)19-12)13-5-3-10(16)7-11(13)17/h2-7H,8H2,1H3. The summed E-state index contributed by atoms with van der Waals surface area (Å²) in [7, 11) is 0. The molecule has 0 amide bonds. The smallest absolute Gasteiger partial charge is 0.129 e. The number of halogens is 3. The average Bonchev–Trinajstić information content (AvgIpc) is 2.76. The molecule has 102 valence electrons. The Morgan fingerprint density at radius 2 is 1.95 bits per heavy atom. The number of benzene rings is 2. The Morgan fingerprint density at radius 1 is 1.15 bits per heavy atom. The molecule has 2 nitrogen and oxygen atoms in total. The number of hydrogen-bond acceptors (Lipinski definition) is 1. The minimum absolute atomic E-state index is 0.371. The van der Waals surface area contributed by atoms with E-state index >= 15 is 0 Å². The minimum atomic E-state index is 0.371. The summed E-state index contributed by atoms with van der Waals surface area (Å²) < 4.78 is 4.13. The van der Waals surface area contributed by atoms with Crippen molar-refractivity contribution >= 4 is 54.5 Å². The molecule has 20 heavy (non-hydrogen) atoms. The van der Waals surface area contributed by atoms with Gasteiger partial charge in [0.25, 0.3) is 0 Å². The van der Waals surface area contributed by atoms with Gasteiger partial charge in [-0.3, -0.25) is 4.57 Å². The number of nitrogens with zero attached hydrogens (tertiary/aromatic N) is 2. The summed E-state index contributed by atoms with van der Waals surface area (Å²) in [5.74, 6) is 1.21. The quantitative estimate of drug-likeness (QED) is 0.499. The Balaban J connectivity index is 2.36. The molecule has 0 N–H and O–H groups in total. The van der Waals surface area contributed by atoms with E-state index in [0.29, 0.717) is 5.88 Å². The molecule has 0 radical (unpaired) electrons. The van der Waals surface area contributed by atoms with E-state index < -0.39 is 0 Å². The first-order chi connectivity index (χ1) is 9.60. The van der Waals surface area contributed by atoms with Crippen molar-refractivity contribution in [3.63, 3.8) is 0 Å². The fraction of sp³-hybridized carbons (Fsp3) is 0.133. The highest BCUT2D eigenvalue weighted by Gasteiger charge is 2.14. The van der Waals surface area contributed by atoms with Gasteiger partial charge in [0.15, 0.2) is 0 Å². The maximum Gasteiger partial charge on any atom is 0.129 e. The van der Waals surface area contributed by atoms with Crippen molar-refractivity contribution in [3.8, 4) is 5.69 Å². The van der Waals surface area contributed by atoms with Crippen LogP contribution in [0.3, 0.4) is 0 Å². The molecule has 5 heteroatoms. The third-order valence-electron chi connectivity index (χ3n) is 3.15. The third kappa shape index (κ3) is 2.41. The van der Waals surface area contributed by atoms with Crippen LogP contribution in [0.25, 0.3) is 16.7 Å². The molecule has 0 unspecified atom stereocenters. The number of alkyl halides is 1. The molecule has 0 aliphatic carbocycles. The van der Waals surface area contributed by atoms with Gasteiger partial charge in [-0.15, -0.1) is 11.6 Å². The molecule has 3 rings (SSSR count). The molecular formula is C15H11Br2ClN2. The minimum Gasteiger partial charge on any atom is -0.294 e. The lowest BCUT2D eigenvalue weighted by Crippen LogP contribution is -2.00. The van der Waals surface area contributed by atoms with E-state index in [4.69, 9.17) is 11.6 Å². The fourth-order valence-electron chi connectivity index (χ4n) is 2.26. The molecule has 0 spiro atoms. The first kappa shape index (κ1) is 14.1. The molecule has 0 saturated heterocycles. The Hall–Kier alpha value is -0.840. The second-order valence-electron chi connectivity index (χ2n) is 4.58. The summed E-state index contributed by atoms with van der Waals surface area (Å²) in [6, 6.07) is 12.3. The molecule has 0 fully saturated rings. The van der Waals surface area contributed by atoms with Gasteiger partial charge < -0.3 is 0 Å². The number of aromatic nitrogens is 2. The van der Waals surface area contributed by atoms with Crippen molar-refractivity contribution in [1.82, 2.24) is 9.55 Å². The van der Waals surface area contributed by atoms with Gasteiger partial charge in [-0.25, -0.2) is 4.98 Å². The summed E-state index contributed by atoms with van der Waals surface area (Å²) in [6.07, 6.45) is 0. The van der Waals surface area contributed by atoms with Gasteiger partial charge in [-0.1, -0.05) is 22.0 Å². The summed E-state index contributed by atoms with van der Waals surface area (Å²) in [5.41, 5.74) is 4.27. The van der Waals surface area contributed by atoms with Gasteiger partial charge in [-0.2, -0.15) is 0 Å². The SMILES string of the molecule is Cc1ccc2nc(CCl)n(-c3ccc(Br)cc3Br)c2c1. The summed E-state index contributed by atoms with van der Waals surface area (Å²) in [6.45, 7) is 2.08. The fourth-order valence-corrected chi connectivity index (χ4v) is 3.66. The molecule has 1 aromatic heterocycles. The van der Waals surface area contributed by atoms with Crippen LogP contribution in [0.2, 0.25) is 0 Å². The van der Waals surface area contributed by atoms with Gasteiger partial charge in [-0.05, 0) is 58.7 Å². The van der Waals surface area contributed by atoms with E-state index in [0.717, 1.165) is 31.5 Å². The Kier molecular flexibility index (Phi) is 3.89. The molecule has 0 bridgehead atoms. The molecule has 1 heterocycles. The normalized spacial score (nSPS) is 11.2. The Morgan fingerprint density at radius 3 is 2.65 bits per heavy atom. The van der Waals surface area contributed by atoms with E-state index in [1.807, 2.05) is 24.3 Å². The van der Waals surface area contributed by atoms with Crippen LogP contribution >= 0.6 is 43.5 Å². The van der Waals surface area contributed by atoms with Crippen molar-refractivity contribution in [3.05, 3.63) is 56.7 Å². The predicted octanol–water partition coefficient (Wildman–Crippen LogP) is 5.60. The maximum atomic E-state index is 6.07. The highest BCUT2D eigenvalue weighted by atomic mass is 79.9. The topological polar surface area (TPSA) is 17.8 Å². The van der Waals surface area contributed by atoms with Crippen LogP contribution in [0.5, 0.6) is 0 Å². The monoisotopic (exact) mass is 412 g/mol. The van der Waals surface area contributed by atoms with Crippen LogP contribution in [0.1, 0.15) is 11.4 Å². The van der Waals surface area contributed by atoms with Gasteiger partial charge in [0.2, 0.25) is 0 Å². The van der Waals surface area contributed by atoms with Crippen LogP contribution in [0.15, 0.2) is 45.3 Å². The predicted molar refractivity (Wildman–Crippen MR) is 90.8 cm³/mol. The van der Waals surface area contributed by atoms with Crippen molar-refractivity contribution in [2.45, 2.75) is 12.8 Å². The Labute approximate surface area is 139 Å². The van der Waals surface area contributed by atoms with Gasteiger partial charge in [0, 0.05) is 8.95 Å². The highest BCUT2D eigenvalue weighted by Crippen LogP contribution is 2.30. The lowest BCUT2D eigenvalue weighted by atomic mass is 10.2. The molecule has 0 atom stereocenters. The zero-order valence-electron chi connectivity index (χ0n) is 10.7. The maximum absolute atomic E-state index is 6.07. The van der Waals surface area contributed by atoms with E-state index in [9.17, 15) is 0 Å². The van der Waals surface area contributed by atoms with E-state index in [2.05, 4.69) is 60.5 Å². The first-order valence-corrected chi connectivity index (χ1v) is 8.21. The van der Waals surface area contributed by atoms with E-state index in [1.165, 1.54) is 5.56 Å². The Bertz CT molecular complexity index is 796. The lowest BCUT2D eigenvalue weighted by Gasteiger charge is -2.10.